The van der Waals surface area contributed by atoms with Gasteiger partial charge in [-0.1, -0.05) is 12.8 Å². The van der Waals surface area contributed by atoms with Gasteiger partial charge in [0.1, 0.15) is 0 Å². The Morgan fingerprint density at radius 2 is 1.68 bits per heavy atom. The summed E-state index contributed by atoms with van der Waals surface area (Å²) in [6.45, 7) is 4.50. The molecule has 2 aliphatic heterocycles. The first-order chi connectivity index (χ1) is 9.19. The Morgan fingerprint density at radius 3 is 2.37 bits per heavy atom. The van der Waals surface area contributed by atoms with Gasteiger partial charge in [-0.15, -0.1) is 0 Å². The Bertz CT molecular complexity index is 328. The van der Waals surface area contributed by atoms with Gasteiger partial charge in [0.25, 0.3) is 0 Å². The summed E-state index contributed by atoms with van der Waals surface area (Å²) in [6.07, 6.45) is 9.96. The van der Waals surface area contributed by atoms with Crippen LogP contribution in [0.25, 0.3) is 0 Å². The summed E-state index contributed by atoms with van der Waals surface area (Å²) < 4.78 is 0. The lowest BCUT2D eigenvalue weighted by atomic mass is 9.72. The molecule has 3 fully saturated rings. The van der Waals surface area contributed by atoms with Gasteiger partial charge in [0.05, 0.1) is 0 Å². The highest BCUT2D eigenvalue weighted by molar-refractivity contribution is 5.79. The summed E-state index contributed by atoms with van der Waals surface area (Å²) in [5, 5.41) is 0. The molecule has 3 nitrogen and oxygen atoms in total. The molecule has 19 heavy (non-hydrogen) atoms. The van der Waals surface area contributed by atoms with Crippen LogP contribution in [-0.4, -0.2) is 48.9 Å². The number of likely N-dealkylation sites (tertiary alicyclic amines) is 2. The highest BCUT2D eigenvalue weighted by atomic mass is 16.2. The fourth-order valence-electron chi connectivity index (χ4n) is 4.33. The fourth-order valence-corrected chi connectivity index (χ4v) is 4.33. The van der Waals surface area contributed by atoms with E-state index >= 15 is 0 Å². The Kier molecular flexibility index (Phi) is 3.84. The van der Waals surface area contributed by atoms with Gasteiger partial charge in [-0.3, -0.25) is 4.79 Å². The molecule has 1 aliphatic carbocycles. The number of hydrogen-bond donors (Lipinski definition) is 0. The molecule has 1 amide bonds. The summed E-state index contributed by atoms with van der Waals surface area (Å²) in [4.78, 5) is 17.3. The van der Waals surface area contributed by atoms with Crippen LogP contribution in [0.4, 0.5) is 0 Å². The molecule has 108 valence electrons. The van der Waals surface area contributed by atoms with Crippen LogP contribution in [0, 0.1) is 11.3 Å². The third-order valence-electron chi connectivity index (χ3n) is 5.73. The summed E-state index contributed by atoms with van der Waals surface area (Å²) in [6, 6.07) is 0. The summed E-state index contributed by atoms with van der Waals surface area (Å²) in [7, 11) is 2.22. The van der Waals surface area contributed by atoms with E-state index in [0.29, 0.717) is 17.2 Å². The number of piperidine rings is 2. The van der Waals surface area contributed by atoms with Crippen molar-refractivity contribution in [3.63, 3.8) is 0 Å². The molecule has 3 heteroatoms. The van der Waals surface area contributed by atoms with Crippen LogP contribution in [0.5, 0.6) is 0 Å². The Morgan fingerprint density at radius 1 is 1.00 bits per heavy atom. The monoisotopic (exact) mass is 264 g/mol. The normalized spacial score (nSPS) is 29.0. The smallest absolute Gasteiger partial charge is 0.225 e. The highest BCUT2D eigenvalue weighted by Crippen LogP contribution is 2.40. The molecule has 0 aromatic rings. The third-order valence-corrected chi connectivity index (χ3v) is 5.73. The van der Waals surface area contributed by atoms with E-state index in [0.717, 1.165) is 25.9 Å². The predicted molar refractivity (Wildman–Crippen MR) is 76.9 cm³/mol. The summed E-state index contributed by atoms with van der Waals surface area (Å²) in [5.74, 6) is 0.844. The zero-order chi connectivity index (χ0) is 13.3. The zero-order valence-corrected chi connectivity index (χ0v) is 12.4. The van der Waals surface area contributed by atoms with Crippen molar-refractivity contribution in [2.24, 2.45) is 11.3 Å². The first kappa shape index (κ1) is 13.4. The average molecular weight is 264 g/mol. The molecule has 0 atom stereocenters. The summed E-state index contributed by atoms with van der Waals surface area (Å²) in [5.41, 5.74) is 0.457. The van der Waals surface area contributed by atoms with E-state index in [1.807, 2.05) is 0 Å². The van der Waals surface area contributed by atoms with E-state index in [9.17, 15) is 4.79 Å². The minimum atomic E-state index is 0.362. The minimum absolute atomic E-state index is 0.362. The van der Waals surface area contributed by atoms with Crippen LogP contribution in [0.1, 0.15) is 51.4 Å². The molecule has 0 aromatic carbocycles. The van der Waals surface area contributed by atoms with Crippen LogP contribution in [0.2, 0.25) is 0 Å². The van der Waals surface area contributed by atoms with E-state index < -0.39 is 0 Å². The quantitative estimate of drug-likeness (QED) is 0.726. The van der Waals surface area contributed by atoms with Crippen molar-refractivity contribution in [1.82, 2.24) is 9.80 Å². The zero-order valence-electron chi connectivity index (χ0n) is 12.4. The second-order valence-electron chi connectivity index (χ2n) is 7.15. The maximum atomic E-state index is 12.6. The standard InChI is InChI=1S/C16H28N2O/c1-17-11-8-16(9-12-17)7-4-10-18(13-16)15(19)14-5-2-3-6-14/h14H,2-13H2,1H3. The van der Waals surface area contributed by atoms with Gasteiger partial charge in [-0.2, -0.15) is 0 Å². The van der Waals surface area contributed by atoms with E-state index in [1.54, 1.807) is 0 Å². The molecule has 0 aromatic heterocycles. The molecule has 0 bridgehead atoms. The van der Waals surface area contributed by atoms with Crippen molar-refractivity contribution >= 4 is 5.91 Å². The molecule has 2 saturated heterocycles. The second kappa shape index (κ2) is 5.43. The third kappa shape index (κ3) is 2.81. The van der Waals surface area contributed by atoms with Crippen molar-refractivity contribution in [2.75, 3.05) is 33.2 Å². The number of amides is 1. The van der Waals surface area contributed by atoms with Crippen LogP contribution in [0.3, 0.4) is 0 Å². The number of carbonyl (C=O) groups excluding carboxylic acids is 1. The molecule has 3 aliphatic rings. The number of rotatable bonds is 1. The van der Waals surface area contributed by atoms with Crippen LogP contribution >= 0.6 is 0 Å². The van der Waals surface area contributed by atoms with Crippen molar-refractivity contribution in [1.29, 1.82) is 0 Å². The van der Waals surface area contributed by atoms with E-state index in [-0.39, 0.29) is 0 Å². The molecule has 0 radical (unpaired) electrons. The average Bonchev–Trinajstić information content (AvgIpc) is 2.96. The van der Waals surface area contributed by atoms with Gasteiger partial charge in [-0.25, -0.2) is 0 Å². The minimum Gasteiger partial charge on any atom is -0.342 e. The van der Waals surface area contributed by atoms with Crippen molar-refractivity contribution < 1.29 is 4.79 Å². The molecule has 1 saturated carbocycles. The summed E-state index contributed by atoms with van der Waals surface area (Å²) >= 11 is 0. The number of nitrogens with zero attached hydrogens (tertiary/aromatic N) is 2. The molecular weight excluding hydrogens is 236 g/mol. The SMILES string of the molecule is CN1CCC2(CCCN(C(=O)C3CCCC3)C2)CC1. The molecule has 1 spiro atoms. The van der Waals surface area contributed by atoms with Crippen LogP contribution < -0.4 is 0 Å². The lowest BCUT2D eigenvalue weighted by Crippen LogP contribution is -2.51. The van der Waals surface area contributed by atoms with Gasteiger partial charge in [0, 0.05) is 19.0 Å². The van der Waals surface area contributed by atoms with E-state index in [4.69, 9.17) is 0 Å². The number of hydrogen-bond acceptors (Lipinski definition) is 2. The highest BCUT2D eigenvalue weighted by Gasteiger charge is 2.40. The fraction of sp³-hybridized carbons (Fsp3) is 0.938. The van der Waals surface area contributed by atoms with Gasteiger partial charge < -0.3 is 9.80 Å². The van der Waals surface area contributed by atoms with E-state index in [1.165, 1.54) is 51.6 Å². The largest absolute Gasteiger partial charge is 0.342 e. The van der Waals surface area contributed by atoms with Gasteiger partial charge in [0.2, 0.25) is 5.91 Å². The lowest BCUT2D eigenvalue weighted by molar-refractivity contribution is -0.139. The first-order valence-electron chi connectivity index (χ1n) is 8.16. The molecular formula is C16H28N2O. The van der Waals surface area contributed by atoms with Gasteiger partial charge in [-0.05, 0) is 64.1 Å². The lowest BCUT2D eigenvalue weighted by Gasteiger charge is -2.47. The van der Waals surface area contributed by atoms with Crippen molar-refractivity contribution in [3.05, 3.63) is 0 Å². The Hall–Kier alpha value is -0.570. The number of carbonyl (C=O) groups is 1. The Labute approximate surface area is 117 Å². The maximum absolute atomic E-state index is 12.6. The Balaban J connectivity index is 1.62. The van der Waals surface area contributed by atoms with Crippen LogP contribution in [0.15, 0.2) is 0 Å². The second-order valence-corrected chi connectivity index (χ2v) is 7.15. The molecule has 3 rings (SSSR count). The van der Waals surface area contributed by atoms with Crippen LogP contribution in [-0.2, 0) is 4.79 Å². The van der Waals surface area contributed by atoms with Gasteiger partial charge in [0.15, 0.2) is 0 Å². The maximum Gasteiger partial charge on any atom is 0.225 e. The molecule has 0 N–H and O–H groups in total. The van der Waals surface area contributed by atoms with E-state index in [2.05, 4.69) is 16.8 Å². The van der Waals surface area contributed by atoms with Crippen molar-refractivity contribution in [3.8, 4) is 0 Å². The topological polar surface area (TPSA) is 23.6 Å². The molecule has 0 unspecified atom stereocenters. The predicted octanol–water partition coefficient (Wildman–Crippen LogP) is 2.51. The molecule has 2 heterocycles. The van der Waals surface area contributed by atoms with Gasteiger partial charge >= 0.3 is 0 Å². The van der Waals surface area contributed by atoms with Crippen molar-refractivity contribution in [2.45, 2.75) is 51.4 Å². The first-order valence-corrected chi connectivity index (χ1v) is 8.16.